The van der Waals surface area contributed by atoms with Crippen molar-refractivity contribution in [3.05, 3.63) is 0 Å². The summed E-state index contributed by atoms with van der Waals surface area (Å²) in [6.45, 7) is 6.80. The number of nitrogens with zero attached hydrogens (tertiary/aromatic N) is 2. The molecule has 16 heavy (non-hydrogen) atoms. The van der Waals surface area contributed by atoms with Crippen LogP contribution in [0, 0.1) is 0 Å². The van der Waals surface area contributed by atoms with Gasteiger partial charge in [0.15, 0.2) is 0 Å². The summed E-state index contributed by atoms with van der Waals surface area (Å²) in [6, 6.07) is 0.781. The van der Waals surface area contributed by atoms with Crippen molar-refractivity contribution in [1.82, 2.24) is 9.80 Å². The molecule has 94 valence electrons. The first kappa shape index (κ1) is 12.3. The molecule has 2 aliphatic rings. The molecule has 2 rings (SSSR count). The highest BCUT2D eigenvalue weighted by Crippen LogP contribution is 2.33. The van der Waals surface area contributed by atoms with Crippen LogP contribution in [0.3, 0.4) is 0 Å². The van der Waals surface area contributed by atoms with Crippen LogP contribution >= 0.6 is 0 Å². The monoisotopic (exact) mass is 225 g/mol. The van der Waals surface area contributed by atoms with Crippen LogP contribution in [0.5, 0.6) is 0 Å². The molecule has 2 aliphatic heterocycles. The van der Waals surface area contributed by atoms with Crippen LogP contribution < -0.4 is 5.73 Å². The van der Waals surface area contributed by atoms with Crippen molar-refractivity contribution < 1.29 is 0 Å². The van der Waals surface area contributed by atoms with Crippen LogP contribution in [0.1, 0.15) is 39.0 Å². The largest absolute Gasteiger partial charge is 0.329 e. The van der Waals surface area contributed by atoms with E-state index >= 15 is 0 Å². The lowest BCUT2D eigenvalue weighted by Gasteiger charge is -2.47. The van der Waals surface area contributed by atoms with Gasteiger partial charge in [-0.05, 0) is 45.8 Å². The van der Waals surface area contributed by atoms with Gasteiger partial charge in [-0.2, -0.15) is 0 Å². The van der Waals surface area contributed by atoms with Crippen molar-refractivity contribution in [3.63, 3.8) is 0 Å². The molecule has 0 spiro atoms. The Bertz CT molecular complexity index is 231. The molecule has 3 nitrogen and oxygen atoms in total. The molecule has 2 saturated heterocycles. The van der Waals surface area contributed by atoms with Gasteiger partial charge >= 0.3 is 0 Å². The zero-order chi connectivity index (χ0) is 11.6. The SMILES string of the molecule is CCC1CCCCN1C1(CN)CCN(C)C1. The maximum absolute atomic E-state index is 6.11. The smallest absolute Gasteiger partial charge is 0.0473 e. The Hall–Kier alpha value is -0.120. The third-order valence-electron chi connectivity index (χ3n) is 4.61. The first-order valence-electron chi connectivity index (χ1n) is 6.87. The Morgan fingerprint density at radius 3 is 2.69 bits per heavy atom. The number of piperidine rings is 1. The van der Waals surface area contributed by atoms with E-state index < -0.39 is 0 Å². The Morgan fingerprint density at radius 2 is 2.12 bits per heavy atom. The summed E-state index contributed by atoms with van der Waals surface area (Å²) in [4.78, 5) is 5.19. The number of likely N-dealkylation sites (N-methyl/N-ethyl adjacent to an activating group) is 1. The molecule has 0 amide bonds. The topological polar surface area (TPSA) is 32.5 Å². The van der Waals surface area contributed by atoms with E-state index in [0.717, 1.165) is 12.6 Å². The molecule has 0 aliphatic carbocycles. The molecule has 0 aromatic carbocycles. The number of nitrogens with two attached hydrogens (primary N) is 1. The lowest BCUT2D eigenvalue weighted by molar-refractivity contribution is 0.0268. The predicted molar refractivity (Wildman–Crippen MR) is 68.5 cm³/mol. The summed E-state index contributed by atoms with van der Waals surface area (Å²) in [5, 5.41) is 0. The van der Waals surface area contributed by atoms with Gasteiger partial charge in [0.25, 0.3) is 0 Å². The molecule has 0 aromatic rings. The van der Waals surface area contributed by atoms with Crippen molar-refractivity contribution in [3.8, 4) is 0 Å². The third kappa shape index (κ3) is 2.13. The summed E-state index contributed by atoms with van der Waals surface area (Å²) >= 11 is 0. The second-order valence-electron chi connectivity index (χ2n) is 5.67. The van der Waals surface area contributed by atoms with Gasteiger partial charge in [0.05, 0.1) is 0 Å². The summed E-state index contributed by atoms with van der Waals surface area (Å²) in [7, 11) is 2.22. The molecule has 2 heterocycles. The summed E-state index contributed by atoms with van der Waals surface area (Å²) in [6.07, 6.45) is 6.69. The van der Waals surface area contributed by atoms with Crippen LogP contribution in [-0.2, 0) is 0 Å². The van der Waals surface area contributed by atoms with Gasteiger partial charge in [0, 0.05) is 24.7 Å². The fraction of sp³-hybridized carbons (Fsp3) is 1.00. The van der Waals surface area contributed by atoms with Gasteiger partial charge < -0.3 is 10.6 Å². The lowest BCUT2D eigenvalue weighted by atomic mass is 9.88. The standard InChI is InChI=1S/C13H27N3/c1-3-12-6-4-5-8-16(12)13(10-14)7-9-15(2)11-13/h12H,3-11,14H2,1-2H3. The number of rotatable bonds is 3. The average Bonchev–Trinajstić information content (AvgIpc) is 2.72. The second-order valence-corrected chi connectivity index (χ2v) is 5.67. The van der Waals surface area contributed by atoms with Crippen molar-refractivity contribution in [2.75, 3.05) is 33.2 Å². The van der Waals surface area contributed by atoms with Gasteiger partial charge in [-0.1, -0.05) is 13.3 Å². The quantitative estimate of drug-likeness (QED) is 0.785. The van der Waals surface area contributed by atoms with E-state index in [4.69, 9.17) is 5.73 Å². The van der Waals surface area contributed by atoms with Gasteiger partial charge in [0.1, 0.15) is 0 Å². The fourth-order valence-corrected chi connectivity index (χ4v) is 3.63. The highest BCUT2D eigenvalue weighted by molar-refractivity contribution is 5.02. The first-order valence-corrected chi connectivity index (χ1v) is 6.87. The van der Waals surface area contributed by atoms with Crippen molar-refractivity contribution in [2.45, 2.75) is 50.6 Å². The van der Waals surface area contributed by atoms with E-state index in [1.54, 1.807) is 0 Å². The Morgan fingerprint density at radius 1 is 1.31 bits per heavy atom. The van der Waals surface area contributed by atoms with E-state index in [0.29, 0.717) is 0 Å². The lowest BCUT2D eigenvalue weighted by Crippen LogP contribution is -2.60. The molecule has 0 aromatic heterocycles. The maximum Gasteiger partial charge on any atom is 0.0473 e. The van der Waals surface area contributed by atoms with E-state index in [1.807, 2.05) is 0 Å². The van der Waals surface area contributed by atoms with Gasteiger partial charge in [-0.3, -0.25) is 4.90 Å². The highest BCUT2D eigenvalue weighted by Gasteiger charge is 2.43. The predicted octanol–water partition coefficient (Wildman–Crippen LogP) is 1.28. The molecule has 0 radical (unpaired) electrons. The fourth-order valence-electron chi connectivity index (χ4n) is 3.63. The molecule has 0 saturated carbocycles. The van der Waals surface area contributed by atoms with Gasteiger partial charge in [0.2, 0.25) is 0 Å². The molecule has 2 fully saturated rings. The number of hydrogen-bond acceptors (Lipinski definition) is 3. The van der Waals surface area contributed by atoms with Crippen LogP contribution in [-0.4, -0.2) is 54.6 Å². The van der Waals surface area contributed by atoms with E-state index in [1.165, 1.54) is 51.7 Å². The Kier molecular flexibility index (Phi) is 3.88. The first-order chi connectivity index (χ1) is 7.72. The summed E-state index contributed by atoms with van der Waals surface area (Å²) in [5.41, 5.74) is 6.40. The van der Waals surface area contributed by atoms with Gasteiger partial charge in [-0.25, -0.2) is 0 Å². The molecular weight excluding hydrogens is 198 g/mol. The maximum atomic E-state index is 6.11. The number of hydrogen-bond donors (Lipinski definition) is 1. The molecule has 2 N–H and O–H groups in total. The van der Waals surface area contributed by atoms with Crippen molar-refractivity contribution in [2.24, 2.45) is 5.73 Å². The number of likely N-dealkylation sites (tertiary alicyclic amines) is 2. The van der Waals surface area contributed by atoms with Crippen LogP contribution in [0.15, 0.2) is 0 Å². The minimum atomic E-state index is 0.288. The van der Waals surface area contributed by atoms with Crippen LogP contribution in [0.2, 0.25) is 0 Å². The Labute approximate surface area is 100.0 Å². The Balaban J connectivity index is 2.12. The van der Waals surface area contributed by atoms with E-state index in [-0.39, 0.29) is 5.54 Å². The third-order valence-corrected chi connectivity index (χ3v) is 4.61. The van der Waals surface area contributed by atoms with Crippen LogP contribution in [0.25, 0.3) is 0 Å². The second kappa shape index (κ2) is 5.03. The van der Waals surface area contributed by atoms with Crippen LogP contribution in [0.4, 0.5) is 0 Å². The van der Waals surface area contributed by atoms with E-state index in [9.17, 15) is 0 Å². The van der Waals surface area contributed by atoms with Crippen molar-refractivity contribution in [1.29, 1.82) is 0 Å². The molecule has 2 atom stereocenters. The summed E-state index contributed by atoms with van der Waals surface area (Å²) < 4.78 is 0. The zero-order valence-electron chi connectivity index (χ0n) is 10.9. The minimum absolute atomic E-state index is 0.288. The van der Waals surface area contributed by atoms with Crippen molar-refractivity contribution >= 4 is 0 Å². The summed E-state index contributed by atoms with van der Waals surface area (Å²) in [5.74, 6) is 0. The van der Waals surface area contributed by atoms with E-state index in [2.05, 4.69) is 23.8 Å². The molecule has 3 heteroatoms. The highest BCUT2D eigenvalue weighted by atomic mass is 15.3. The molecular formula is C13H27N3. The zero-order valence-corrected chi connectivity index (χ0v) is 10.9. The molecule has 2 unspecified atom stereocenters. The van der Waals surface area contributed by atoms with Gasteiger partial charge in [-0.15, -0.1) is 0 Å². The average molecular weight is 225 g/mol. The molecule has 0 bridgehead atoms. The normalized spacial score (nSPS) is 38.1. The minimum Gasteiger partial charge on any atom is -0.329 e.